The van der Waals surface area contributed by atoms with Crippen LogP contribution in [-0.2, 0) is 11.0 Å². The van der Waals surface area contributed by atoms with Gasteiger partial charge in [0.2, 0.25) is 5.91 Å². The number of hydrogen-bond donors (Lipinski definition) is 0. The van der Waals surface area contributed by atoms with E-state index < -0.39 is 28.8 Å². The summed E-state index contributed by atoms with van der Waals surface area (Å²) in [6.07, 6.45) is -1.99. The number of carbonyl (C=O) groups excluding carboxylic acids is 1. The third-order valence-electron chi connectivity index (χ3n) is 3.42. The van der Waals surface area contributed by atoms with E-state index in [4.69, 9.17) is 11.6 Å². The number of likely N-dealkylation sites (tertiary alicyclic amines) is 1. The summed E-state index contributed by atoms with van der Waals surface area (Å²) in [5.41, 5.74) is -1.31. The lowest BCUT2D eigenvalue weighted by Gasteiger charge is -2.28. The summed E-state index contributed by atoms with van der Waals surface area (Å²) < 4.78 is 51.3. The quantitative estimate of drug-likeness (QED) is 0.592. The van der Waals surface area contributed by atoms with E-state index in [1.165, 1.54) is 4.90 Å². The predicted molar refractivity (Wildman–Crippen MR) is 70.4 cm³/mol. The first-order chi connectivity index (χ1) is 9.79. The molecule has 116 valence electrons. The molecule has 2 rings (SSSR count). The average molecular weight is 324 g/mol. The number of nitrogens with zero attached hydrogens (tertiary/aromatic N) is 1. The van der Waals surface area contributed by atoms with Crippen LogP contribution in [-0.4, -0.2) is 23.9 Å². The predicted octanol–water partition coefficient (Wildman–Crippen LogP) is 4.14. The minimum Gasteiger partial charge on any atom is -0.341 e. The Bertz CT molecular complexity index is 526. The van der Waals surface area contributed by atoms with Crippen LogP contribution < -0.4 is 0 Å². The second-order valence-electron chi connectivity index (χ2n) is 5.02. The number of halogens is 5. The van der Waals surface area contributed by atoms with Crippen molar-refractivity contribution < 1.29 is 22.4 Å². The van der Waals surface area contributed by atoms with Crippen LogP contribution in [0.3, 0.4) is 0 Å². The summed E-state index contributed by atoms with van der Waals surface area (Å²) >= 11 is 5.96. The average Bonchev–Trinajstić information content (AvgIpc) is 2.45. The fourth-order valence-corrected chi connectivity index (χ4v) is 2.60. The third-order valence-corrected chi connectivity index (χ3v) is 3.86. The summed E-state index contributed by atoms with van der Waals surface area (Å²) in [6, 6.07) is 1.98. The molecule has 0 aromatic heterocycles. The van der Waals surface area contributed by atoms with Crippen LogP contribution in [0.4, 0.5) is 17.6 Å². The molecule has 1 heterocycles. The van der Waals surface area contributed by atoms with Crippen molar-refractivity contribution in [3.8, 4) is 0 Å². The first-order valence-electron chi connectivity index (χ1n) is 6.59. The number of alkyl halides is 4. The Morgan fingerprint density at radius 2 is 1.76 bits per heavy atom. The van der Waals surface area contributed by atoms with Gasteiger partial charge in [-0.2, -0.15) is 13.2 Å². The molecule has 0 spiro atoms. The molecule has 1 atom stereocenters. The van der Waals surface area contributed by atoms with Crippen molar-refractivity contribution in [3.63, 3.8) is 0 Å². The van der Waals surface area contributed by atoms with Crippen molar-refractivity contribution in [2.45, 2.75) is 30.8 Å². The highest BCUT2D eigenvalue weighted by molar-refractivity contribution is 6.30. The van der Waals surface area contributed by atoms with Gasteiger partial charge in [-0.3, -0.25) is 4.79 Å². The van der Waals surface area contributed by atoms with Gasteiger partial charge >= 0.3 is 6.18 Å². The summed E-state index contributed by atoms with van der Waals surface area (Å²) in [6.45, 7) is 1.06. The molecule has 0 saturated carbocycles. The number of carbonyl (C=O) groups is 1. The molecular weight excluding hydrogens is 310 g/mol. The van der Waals surface area contributed by atoms with E-state index in [2.05, 4.69) is 0 Å². The van der Waals surface area contributed by atoms with Crippen molar-refractivity contribution in [2.24, 2.45) is 0 Å². The van der Waals surface area contributed by atoms with Gasteiger partial charge in [0.05, 0.1) is 5.56 Å². The molecule has 1 aromatic carbocycles. The molecule has 1 aromatic rings. The molecule has 1 amide bonds. The number of rotatable bonds is 2. The topological polar surface area (TPSA) is 20.3 Å². The molecule has 0 N–H and O–H groups in total. The molecule has 1 unspecified atom stereocenters. The number of benzene rings is 1. The largest absolute Gasteiger partial charge is 0.416 e. The Hall–Kier alpha value is -1.30. The van der Waals surface area contributed by atoms with Gasteiger partial charge in [0.15, 0.2) is 0 Å². The lowest BCUT2D eigenvalue weighted by Crippen LogP contribution is -2.37. The highest BCUT2D eigenvalue weighted by Gasteiger charge is 2.33. The van der Waals surface area contributed by atoms with Gasteiger partial charge in [-0.1, -0.05) is 0 Å². The standard InChI is InChI=1S/C14H14ClF4NO/c15-12(13(21)20-4-2-1-3-5-20)9-6-10(14(17,18)19)8-11(16)7-9/h6-8,12H,1-5H2. The molecule has 0 bridgehead atoms. The Morgan fingerprint density at radius 1 is 1.14 bits per heavy atom. The van der Waals surface area contributed by atoms with Gasteiger partial charge in [0.25, 0.3) is 0 Å². The first kappa shape index (κ1) is 16.1. The maximum Gasteiger partial charge on any atom is 0.416 e. The zero-order valence-corrected chi connectivity index (χ0v) is 11.8. The maximum atomic E-state index is 13.3. The molecule has 0 aliphatic carbocycles. The lowest BCUT2D eigenvalue weighted by atomic mass is 10.0. The Balaban J connectivity index is 2.24. The van der Waals surface area contributed by atoms with Crippen LogP contribution in [0.2, 0.25) is 0 Å². The fraction of sp³-hybridized carbons (Fsp3) is 0.500. The fourth-order valence-electron chi connectivity index (χ4n) is 2.34. The molecule has 1 saturated heterocycles. The highest BCUT2D eigenvalue weighted by atomic mass is 35.5. The van der Waals surface area contributed by atoms with Gasteiger partial charge in [0, 0.05) is 13.1 Å². The number of piperidine rings is 1. The van der Waals surface area contributed by atoms with Crippen molar-refractivity contribution in [2.75, 3.05) is 13.1 Å². The van der Waals surface area contributed by atoms with Crippen LogP contribution in [0.1, 0.15) is 35.8 Å². The van der Waals surface area contributed by atoms with E-state index in [-0.39, 0.29) is 5.56 Å². The zero-order chi connectivity index (χ0) is 15.6. The summed E-state index contributed by atoms with van der Waals surface area (Å²) in [5, 5.41) is -1.31. The van der Waals surface area contributed by atoms with Crippen LogP contribution >= 0.6 is 11.6 Å². The monoisotopic (exact) mass is 323 g/mol. The second kappa shape index (κ2) is 6.22. The Labute approximate surface area is 124 Å². The Morgan fingerprint density at radius 3 is 2.33 bits per heavy atom. The van der Waals surface area contributed by atoms with Crippen LogP contribution in [0, 0.1) is 5.82 Å². The van der Waals surface area contributed by atoms with E-state index in [9.17, 15) is 22.4 Å². The summed E-state index contributed by atoms with van der Waals surface area (Å²) in [4.78, 5) is 13.7. The van der Waals surface area contributed by atoms with Crippen molar-refractivity contribution in [1.29, 1.82) is 0 Å². The molecule has 2 nitrogen and oxygen atoms in total. The first-order valence-corrected chi connectivity index (χ1v) is 7.03. The second-order valence-corrected chi connectivity index (χ2v) is 5.46. The molecule has 1 aliphatic heterocycles. The molecular formula is C14H14ClF4NO. The van der Waals surface area contributed by atoms with E-state index in [0.717, 1.165) is 31.4 Å². The maximum absolute atomic E-state index is 13.3. The van der Waals surface area contributed by atoms with Gasteiger partial charge in [-0.15, -0.1) is 11.6 Å². The van der Waals surface area contributed by atoms with Crippen molar-refractivity contribution >= 4 is 17.5 Å². The van der Waals surface area contributed by atoms with Crippen molar-refractivity contribution in [3.05, 3.63) is 35.1 Å². The van der Waals surface area contributed by atoms with Crippen molar-refractivity contribution in [1.82, 2.24) is 4.90 Å². The smallest absolute Gasteiger partial charge is 0.341 e. The van der Waals surface area contributed by atoms with Gasteiger partial charge < -0.3 is 4.90 Å². The highest BCUT2D eigenvalue weighted by Crippen LogP contribution is 2.33. The normalized spacial score (nSPS) is 17.7. The van der Waals surface area contributed by atoms with Crippen LogP contribution in [0.15, 0.2) is 18.2 Å². The van der Waals surface area contributed by atoms with Gasteiger partial charge in [-0.05, 0) is 43.0 Å². The molecule has 7 heteroatoms. The zero-order valence-electron chi connectivity index (χ0n) is 11.1. The van der Waals surface area contributed by atoms with Crippen LogP contribution in [0.5, 0.6) is 0 Å². The van der Waals surface area contributed by atoms with Gasteiger partial charge in [0.1, 0.15) is 11.2 Å². The minimum atomic E-state index is -4.68. The minimum absolute atomic E-state index is 0.167. The molecule has 1 fully saturated rings. The lowest BCUT2D eigenvalue weighted by molar-refractivity contribution is -0.138. The van der Waals surface area contributed by atoms with E-state index in [1.807, 2.05) is 0 Å². The Kier molecular flexibility index (Phi) is 4.76. The summed E-state index contributed by atoms with van der Waals surface area (Å²) in [7, 11) is 0. The summed E-state index contributed by atoms with van der Waals surface area (Å²) in [5.74, 6) is -1.54. The van der Waals surface area contributed by atoms with E-state index >= 15 is 0 Å². The van der Waals surface area contributed by atoms with Gasteiger partial charge in [-0.25, -0.2) is 4.39 Å². The molecule has 1 aliphatic rings. The molecule has 0 radical (unpaired) electrons. The van der Waals surface area contributed by atoms with E-state index in [1.54, 1.807) is 0 Å². The third kappa shape index (κ3) is 3.87. The van der Waals surface area contributed by atoms with Crippen LogP contribution in [0.25, 0.3) is 0 Å². The van der Waals surface area contributed by atoms with E-state index in [0.29, 0.717) is 19.2 Å². The SMILES string of the molecule is O=C(C(Cl)c1cc(F)cc(C(F)(F)F)c1)N1CCCCC1. The molecule has 21 heavy (non-hydrogen) atoms. The number of amides is 1. The number of hydrogen-bond acceptors (Lipinski definition) is 1.